The Hall–Kier alpha value is -0.870. The van der Waals surface area contributed by atoms with Crippen molar-refractivity contribution in [1.82, 2.24) is 9.78 Å². The van der Waals surface area contributed by atoms with Crippen molar-refractivity contribution in [1.29, 1.82) is 0 Å². The lowest BCUT2D eigenvalue weighted by Gasteiger charge is -2.17. The van der Waals surface area contributed by atoms with E-state index in [-0.39, 0.29) is 12.1 Å². The van der Waals surface area contributed by atoms with Gasteiger partial charge in [-0.25, -0.2) is 0 Å². The zero-order chi connectivity index (χ0) is 9.97. The van der Waals surface area contributed by atoms with Crippen molar-refractivity contribution >= 4 is 0 Å². The van der Waals surface area contributed by atoms with E-state index < -0.39 is 0 Å². The smallest absolute Gasteiger partial charge is 0.0730 e. The molecule has 14 heavy (non-hydrogen) atoms. The van der Waals surface area contributed by atoms with Gasteiger partial charge in [0.2, 0.25) is 0 Å². The maximum atomic E-state index is 6.06. The van der Waals surface area contributed by atoms with Gasteiger partial charge in [0.25, 0.3) is 0 Å². The van der Waals surface area contributed by atoms with Crippen molar-refractivity contribution in [3.8, 4) is 0 Å². The first-order chi connectivity index (χ1) is 6.75. The summed E-state index contributed by atoms with van der Waals surface area (Å²) in [7, 11) is 1.92. The molecule has 0 aromatic carbocycles. The Kier molecular flexibility index (Phi) is 2.84. The average molecular weight is 195 g/mol. The molecule has 1 aromatic rings. The van der Waals surface area contributed by atoms with Gasteiger partial charge in [-0.2, -0.15) is 5.10 Å². The fraction of sp³-hybridized carbons (Fsp3) is 0.700. The van der Waals surface area contributed by atoms with E-state index in [0.29, 0.717) is 0 Å². The average Bonchev–Trinajstić information content (AvgIpc) is 2.75. The molecule has 2 heterocycles. The molecule has 2 atom stereocenters. The summed E-state index contributed by atoms with van der Waals surface area (Å²) in [5, 5.41) is 4.12. The Morgan fingerprint density at radius 1 is 1.79 bits per heavy atom. The summed E-state index contributed by atoms with van der Waals surface area (Å²) in [6.45, 7) is 0.866. The predicted molar refractivity (Wildman–Crippen MR) is 53.9 cm³/mol. The van der Waals surface area contributed by atoms with Crippen LogP contribution in [0.5, 0.6) is 0 Å². The van der Waals surface area contributed by atoms with E-state index in [1.54, 1.807) is 4.68 Å². The Balaban J connectivity index is 1.90. The molecule has 2 N–H and O–H groups in total. The summed E-state index contributed by atoms with van der Waals surface area (Å²) in [5.41, 5.74) is 7.25. The molecule has 1 aliphatic rings. The van der Waals surface area contributed by atoms with Crippen molar-refractivity contribution in [2.24, 2.45) is 12.8 Å². The van der Waals surface area contributed by atoms with Crippen molar-refractivity contribution in [2.45, 2.75) is 31.4 Å². The molecular formula is C10H17N3O. The highest BCUT2D eigenvalue weighted by atomic mass is 16.5. The van der Waals surface area contributed by atoms with Gasteiger partial charge in [0.05, 0.1) is 12.3 Å². The van der Waals surface area contributed by atoms with Crippen LogP contribution in [0, 0.1) is 0 Å². The number of aryl methyl sites for hydroxylation is 1. The van der Waals surface area contributed by atoms with Crippen molar-refractivity contribution in [3.63, 3.8) is 0 Å². The topological polar surface area (TPSA) is 53.1 Å². The standard InChI is InChI=1S/C10H17N3O/c1-13-7-8(6-12-13)5-9(11)10-3-2-4-14-10/h6-7,9-10H,2-5,11H2,1H3. The first-order valence-electron chi connectivity index (χ1n) is 5.10. The van der Waals surface area contributed by atoms with Crippen molar-refractivity contribution in [3.05, 3.63) is 18.0 Å². The van der Waals surface area contributed by atoms with Crippen LogP contribution >= 0.6 is 0 Å². The SMILES string of the molecule is Cn1cc(CC(N)C2CCCO2)cn1. The van der Waals surface area contributed by atoms with Crippen LogP contribution in [0.2, 0.25) is 0 Å². The van der Waals surface area contributed by atoms with Gasteiger partial charge in [-0.3, -0.25) is 4.68 Å². The highest BCUT2D eigenvalue weighted by Crippen LogP contribution is 2.16. The first-order valence-corrected chi connectivity index (χ1v) is 5.10. The zero-order valence-electron chi connectivity index (χ0n) is 8.52. The molecule has 0 aliphatic carbocycles. The van der Waals surface area contributed by atoms with E-state index in [2.05, 4.69) is 5.10 Å². The largest absolute Gasteiger partial charge is 0.377 e. The van der Waals surface area contributed by atoms with Gasteiger partial charge in [0.15, 0.2) is 0 Å². The number of nitrogens with two attached hydrogens (primary N) is 1. The molecule has 2 rings (SSSR count). The third-order valence-electron chi connectivity index (χ3n) is 2.67. The lowest BCUT2D eigenvalue weighted by atomic mass is 10.0. The van der Waals surface area contributed by atoms with E-state index in [4.69, 9.17) is 10.5 Å². The molecular weight excluding hydrogens is 178 g/mol. The van der Waals surface area contributed by atoms with Crippen molar-refractivity contribution in [2.75, 3.05) is 6.61 Å². The number of aromatic nitrogens is 2. The van der Waals surface area contributed by atoms with E-state index in [9.17, 15) is 0 Å². The van der Waals surface area contributed by atoms with Gasteiger partial charge in [-0.1, -0.05) is 0 Å². The van der Waals surface area contributed by atoms with Crippen molar-refractivity contribution < 1.29 is 4.74 Å². The Labute approximate surface area is 84.0 Å². The third kappa shape index (κ3) is 2.13. The summed E-state index contributed by atoms with van der Waals surface area (Å²) in [6.07, 6.45) is 7.23. The van der Waals surface area contributed by atoms with E-state index in [0.717, 1.165) is 25.9 Å². The fourth-order valence-corrected chi connectivity index (χ4v) is 1.92. The summed E-state index contributed by atoms with van der Waals surface area (Å²) in [6, 6.07) is 0.113. The quantitative estimate of drug-likeness (QED) is 0.762. The molecule has 0 saturated carbocycles. The first kappa shape index (κ1) is 9.68. The van der Waals surface area contributed by atoms with Gasteiger partial charge < -0.3 is 10.5 Å². The minimum Gasteiger partial charge on any atom is -0.377 e. The van der Waals surface area contributed by atoms with Crippen LogP contribution in [0.3, 0.4) is 0 Å². The van der Waals surface area contributed by atoms with Crippen LogP contribution < -0.4 is 5.73 Å². The van der Waals surface area contributed by atoms with Gasteiger partial charge in [0, 0.05) is 25.9 Å². The van der Waals surface area contributed by atoms with Crippen LogP contribution in [0.4, 0.5) is 0 Å². The van der Waals surface area contributed by atoms with Gasteiger partial charge in [-0.15, -0.1) is 0 Å². The molecule has 0 bridgehead atoms. The second kappa shape index (κ2) is 4.11. The monoisotopic (exact) mass is 195 g/mol. The van der Waals surface area contributed by atoms with Gasteiger partial charge in [0.1, 0.15) is 0 Å². The summed E-state index contributed by atoms with van der Waals surface area (Å²) >= 11 is 0. The number of hydrogen-bond donors (Lipinski definition) is 1. The second-order valence-corrected chi connectivity index (χ2v) is 3.94. The van der Waals surface area contributed by atoms with Crippen LogP contribution in [0.1, 0.15) is 18.4 Å². The Bertz CT molecular complexity index is 291. The minimum absolute atomic E-state index is 0.113. The van der Waals surface area contributed by atoms with E-state index >= 15 is 0 Å². The van der Waals surface area contributed by atoms with Crippen LogP contribution in [0.25, 0.3) is 0 Å². The molecule has 4 nitrogen and oxygen atoms in total. The molecule has 78 valence electrons. The summed E-state index contributed by atoms with van der Waals surface area (Å²) in [5.74, 6) is 0. The normalized spacial score (nSPS) is 24.0. The summed E-state index contributed by atoms with van der Waals surface area (Å²) < 4.78 is 7.34. The number of ether oxygens (including phenoxy) is 1. The maximum Gasteiger partial charge on any atom is 0.0730 e. The molecule has 4 heteroatoms. The maximum absolute atomic E-state index is 6.06. The van der Waals surface area contributed by atoms with Crippen LogP contribution in [0.15, 0.2) is 12.4 Å². The van der Waals surface area contributed by atoms with E-state index in [1.165, 1.54) is 5.56 Å². The lowest BCUT2D eigenvalue weighted by Crippen LogP contribution is -2.36. The molecule has 1 saturated heterocycles. The van der Waals surface area contributed by atoms with Gasteiger partial charge in [-0.05, 0) is 24.8 Å². The molecule has 1 fully saturated rings. The number of hydrogen-bond acceptors (Lipinski definition) is 3. The van der Waals surface area contributed by atoms with Crippen LogP contribution in [-0.4, -0.2) is 28.5 Å². The second-order valence-electron chi connectivity index (χ2n) is 3.94. The van der Waals surface area contributed by atoms with E-state index in [1.807, 2.05) is 19.4 Å². The molecule has 0 spiro atoms. The van der Waals surface area contributed by atoms with Crippen LogP contribution in [-0.2, 0) is 18.2 Å². The highest BCUT2D eigenvalue weighted by molar-refractivity contribution is 5.06. The Morgan fingerprint density at radius 3 is 3.21 bits per heavy atom. The molecule has 1 aliphatic heterocycles. The predicted octanol–water partition coefficient (Wildman–Crippen LogP) is 0.469. The molecule has 1 aromatic heterocycles. The highest BCUT2D eigenvalue weighted by Gasteiger charge is 2.23. The molecule has 2 unspecified atom stereocenters. The lowest BCUT2D eigenvalue weighted by molar-refractivity contribution is 0.0900. The molecule has 0 radical (unpaired) electrons. The number of nitrogens with zero attached hydrogens (tertiary/aromatic N) is 2. The van der Waals surface area contributed by atoms with Gasteiger partial charge >= 0.3 is 0 Å². The summed E-state index contributed by atoms with van der Waals surface area (Å²) in [4.78, 5) is 0. The third-order valence-corrected chi connectivity index (χ3v) is 2.67. The fourth-order valence-electron chi connectivity index (χ4n) is 1.92. The molecule has 0 amide bonds. The number of rotatable bonds is 3. The zero-order valence-corrected chi connectivity index (χ0v) is 8.52. The minimum atomic E-state index is 0.113. The Morgan fingerprint density at radius 2 is 2.64 bits per heavy atom.